The van der Waals surface area contributed by atoms with Gasteiger partial charge in [0.1, 0.15) is 0 Å². The molecule has 1 amide bonds. The van der Waals surface area contributed by atoms with Crippen LogP contribution in [0.1, 0.15) is 12.0 Å². The van der Waals surface area contributed by atoms with Crippen molar-refractivity contribution < 1.29 is 4.79 Å². The standard InChI is InChI=1S/C15H18ClN3O/c16-12-1-2-14-13(7-12)10(9-19-14)4-6-18-15(20)11-3-5-17-8-11/h1-2,7,9,11,17,19H,3-6,8H2,(H,18,20). The van der Waals surface area contributed by atoms with Gasteiger partial charge in [0.25, 0.3) is 0 Å². The van der Waals surface area contributed by atoms with Crippen LogP contribution >= 0.6 is 11.6 Å². The van der Waals surface area contributed by atoms with Crippen LogP contribution in [0.2, 0.25) is 5.02 Å². The summed E-state index contributed by atoms with van der Waals surface area (Å²) in [5.74, 6) is 0.292. The molecule has 1 saturated heterocycles. The minimum Gasteiger partial charge on any atom is -0.361 e. The molecule has 1 unspecified atom stereocenters. The van der Waals surface area contributed by atoms with Crippen molar-refractivity contribution >= 4 is 28.4 Å². The van der Waals surface area contributed by atoms with Crippen LogP contribution in [-0.4, -0.2) is 30.5 Å². The molecule has 1 aliphatic rings. The average molecular weight is 292 g/mol. The van der Waals surface area contributed by atoms with Gasteiger partial charge in [-0.1, -0.05) is 11.6 Å². The molecule has 0 aliphatic carbocycles. The van der Waals surface area contributed by atoms with E-state index in [0.29, 0.717) is 6.54 Å². The number of hydrogen-bond acceptors (Lipinski definition) is 2. The molecule has 1 atom stereocenters. The van der Waals surface area contributed by atoms with E-state index in [1.807, 2.05) is 24.4 Å². The van der Waals surface area contributed by atoms with Gasteiger partial charge in [-0.3, -0.25) is 4.79 Å². The first-order valence-corrected chi connectivity index (χ1v) is 7.36. The van der Waals surface area contributed by atoms with Crippen LogP contribution in [0.25, 0.3) is 10.9 Å². The minimum atomic E-state index is 0.132. The number of rotatable bonds is 4. The maximum Gasteiger partial charge on any atom is 0.224 e. The van der Waals surface area contributed by atoms with E-state index in [0.717, 1.165) is 41.9 Å². The van der Waals surface area contributed by atoms with Gasteiger partial charge in [-0.15, -0.1) is 0 Å². The highest BCUT2D eigenvalue weighted by atomic mass is 35.5. The van der Waals surface area contributed by atoms with Crippen LogP contribution in [0.5, 0.6) is 0 Å². The van der Waals surface area contributed by atoms with Gasteiger partial charge in [0.15, 0.2) is 0 Å². The number of hydrogen-bond donors (Lipinski definition) is 3. The summed E-state index contributed by atoms with van der Waals surface area (Å²) < 4.78 is 0. The van der Waals surface area contributed by atoms with Crippen molar-refractivity contribution in [3.8, 4) is 0 Å². The number of amides is 1. The molecule has 2 heterocycles. The first-order valence-electron chi connectivity index (χ1n) is 6.98. The topological polar surface area (TPSA) is 56.9 Å². The Morgan fingerprint density at radius 3 is 3.15 bits per heavy atom. The Kier molecular flexibility index (Phi) is 3.94. The Balaban J connectivity index is 1.59. The predicted molar refractivity (Wildman–Crippen MR) is 81.0 cm³/mol. The number of benzene rings is 1. The summed E-state index contributed by atoms with van der Waals surface area (Å²) in [6, 6.07) is 5.81. The molecule has 3 N–H and O–H groups in total. The fourth-order valence-electron chi connectivity index (χ4n) is 2.70. The van der Waals surface area contributed by atoms with Crippen LogP contribution in [0.4, 0.5) is 0 Å². The van der Waals surface area contributed by atoms with E-state index >= 15 is 0 Å². The van der Waals surface area contributed by atoms with Crippen molar-refractivity contribution in [2.75, 3.05) is 19.6 Å². The van der Waals surface area contributed by atoms with Crippen LogP contribution in [0.15, 0.2) is 24.4 Å². The molecule has 1 aliphatic heterocycles. The van der Waals surface area contributed by atoms with E-state index in [1.165, 1.54) is 5.56 Å². The second kappa shape index (κ2) is 5.85. The number of carbonyl (C=O) groups is 1. The number of aromatic nitrogens is 1. The van der Waals surface area contributed by atoms with Crippen molar-refractivity contribution in [1.29, 1.82) is 0 Å². The molecule has 0 radical (unpaired) electrons. The molecule has 106 valence electrons. The van der Waals surface area contributed by atoms with Crippen LogP contribution in [0.3, 0.4) is 0 Å². The molecule has 1 aromatic carbocycles. The molecule has 5 heteroatoms. The maximum absolute atomic E-state index is 11.9. The Hall–Kier alpha value is -1.52. The van der Waals surface area contributed by atoms with E-state index in [9.17, 15) is 4.79 Å². The van der Waals surface area contributed by atoms with Gasteiger partial charge in [-0.25, -0.2) is 0 Å². The molecule has 4 nitrogen and oxygen atoms in total. The van der Waals surface area contributed by atoms with Gasteiger partial charge in [-0.05, 0) is 43.1 Å². The molecule has 0 spiro atoms. The SMILES string of the molecule is O=C(NCCc1c[nH]c2ccc(Cl)cc12)C1CCNC1. The quantitative estimate of drug-likeness (QED) is 0.808. The maximum atomic E-state index is 11.9. The molecule has 1 aromatic heterocycles. The number of nitrogens with one attached hydrogen (secondary N) is 3. The van der Waals surface area contributed by atoms with E-state index in [-0.39, 0.29) is 11.8 Å². The zero-order valence-corrected chi connectivity index (χ0v) is 12.0. The monoisotopic (exact) mass is 291 g/mol. The van der Waals surface area contributed by atoms with Gasteiger partial charge in [-0.2, -0.15) is 0 Å². The van der Waals surface area contributed by atoms with Gasteiger partial charge in [0.2, 0.25) is 5.91 Å². The molecular formula is C15H18ClN3O. The zero-order valence-electron chi connectivity index (χ0n) is 11.2. The van der Waals surface area contributed by atoms with Crippen molar-refractivity contribution in [2.24, 2.45) is 5.92 Å². The van der Waals surface area contributed by atoms with Crippen molar-refractivity contribution in [1.82, 2.24) is 15.6 Å². The Morgan fingerprint density at radius 1 is 1.45 bits per heavy atom. The smallest absolute Gasteiger partial charge is 0.224 e. The van der Waals surface area contributed by atoms with Crippen molar-refractivity contribution in [3.05, 3.63) is 35.0 Å². The van der Waals surface area contributed by atoms with Crippen LogP contribution < -0.4 is 10.6 Å². The molecule has 20 heavy (non-hydrogen) atoms. The number of fused-ring (bicyclic) bond motifs is 1. The highest BCUT2D eigenvalue weighted by Crippen LogP contribution is 2.22. The second-order valence-electron chi connectivity index (χ2n) is 5.23. The van der Waals surface area contributed by atoms with Crippen LogP contribution in [-0.2, 0) is 11.2 Å². The fourth-order valence-corrected chi connectivity index (χ4v) is 2.87. The van der Waals surface area contributed by atoms with Crippen LogP contribution in [0, 0.1) is 5.92 Å². The number of aromatic amines is 1. The zero-order chi connectivity index (χ0) is 13.9. The number of halogens is 1. The summed E-state index contributed by atoms with van der Waals surface area (Å²) in [5, 5.41) is 8.09. The predicted octanol–water partition coefficient (Wildman–Crippen LogP) is 2.09. The lowest BCUT2D eigenvalue weighted by atomic mass is 10.1. The molecule has 0 bridgehead atoms. The number of carbonyl (C=O) groups excluding carboxylic acids is 1. The Bertz CT molecular complexity index is 617. The third-order valence-corrected chi connectivity index (χ3v) is 4.09. The van der Waals surface area contributed by atoms with E-state index in [4.69, 9.17) is 11.6 Å². The summed E-state index contributed by atoms with van der Waals surface area (Å²) in [7, 11) is 0. The van der Waals surface area contributed by atoms with Gasteiger partial charge in [0.05, 0.1) is 5.92 Å². The van der Waals surface area contributed by atoms with E-state index < -0.39 is 0 Å². The normalized spacial score (nSPS) is 18.6. The van der Waals surface area contributed by atoms with Gasteiger partial charge in [0, 0.05) is 35.2 Å². The highest BCUT2D eigenvalue weighted by Gasteiger charge is 2.21. The second-order valence-corrected chi connectivity index (χ2v) is 5.67. The van der Waals surface area contributed by atoms with E-state index in [2.05, 4.69) is 15.6 Å². The van der Waals surface area contributed by atoms with Crippen molar-refractivity contribution in [2.45, 2.75) is 12.8 Å². The van der Waals surface area contributed by atoms with Gasteiger partial charge >= 0.3 is 0 Å². The summed E-state index contributed by atoms with van der Waals surface area (Å²) in [5.41, 5.74) is 2.27. The molecule has 1 fully saturated rings. The lowest BCUT2D eigenvalue weighted by Gasteiger charge is -2.09. The number of H-pyrrole nitrogens is 1. The molecule has 3 rings (SSSR count). The summed E-state index contributed by atoms with van der Waals surface area (Å²) in [6.07, 6.45) is 3.74. The highest BCUT2D eigenvalue weighted by molar-refractivity contribution is 6.31. The molecule has 2 aromatic rings. The van der Waals surface area contributed by atoms with Crippen molar-refractivity contribution in [3.63, 3.8) is 0 Å². The lowest BCUT2D eigenvalue weighted by molar-refractivity contribution is -0.124. The minimum absolute atomic E-state index is 0.132. The summed E-state index contributed by atoms with van der Waals surface area (Å²) >= 11 is 6.03. The summed E-state index contributed by atoms with van der Waals surface area (Å²) in [4.78, 5) is 15.1. The summed E-state index contributed by atoms with van der Waals surface area (Å²) in [6.45, 7) is 2.41. The molecular weight excluding hydrogens is 274 g/mol. The van der Waals surface area contributed by atoms with E-state index in [1.54, 1.807) is 0 Å². The third-order valence-electron chi connectivity index (χ3n) is 3.85. The van der Waals surface area contributed by atoms with Gasteiger partial charge < -0.3 is 15.6 Å². The molecule has 0 saturated carbocycles. The fraction of sp³-hybridized carbons (Fsp3) is 0.400. The third kappa shape index (κ3) is 2.81. The Morgan fingerprint density at radius 2 is 2.35 bits per heavy atom. The Labute approximate surface area is 122 Å². The largest absolute Gasteiger partial charge is 0.361 e. The first-order chi connectivity index (χ1) is 9.74. The lowest BCUT2D eigenvalue weighted by Crippen LogP contribution is -2.33. The first kappa shape index (κ1) is 13.5. The average Bonchev–Trinajstić information content (AvgIpc) is 3.08.